The zero-order valence-electron chi connectivity index (χ0n) is 13.9. The molecule has 1 aromatic carbocycles. The smallest absolute Gasteiger partial charge is 0.205 e. The van der Waals surface area contributed by atoms with E-state index in [4.69, 9.17) is 4.42 Å². The molecule has 0 saturated heterocycles. The summed E-state index contributed by atoms with van der Waals surface area (Å²) in [6.07, 6.45) is 4.18. The van der Waals surface area contributed by atoms with Gasteiger partial charge in [-0.2, -0.15) is 0 Å². The Kier molecular flexibility index (Phi) is 4.10. The molecule has 1 aliphatic carbocycles. The van der Waals surface area contributed by atoms with Gasteiger partial charge in [-0.25, -0.2) is 4.98 Å². The van der Waals surface area contributed by atoms with Crippen LogP contribution in [0.15, 0.2) is 63.6 Å². The van der Waals surface area contributed by atoms with Gasteiger partial charge in [0.2, 0.25) is 5.89 Å². The first-order valence-electron chi connectivity index (χ1n) is 8.50. The highest BCUT2D eigenvalue weighted by atomic mass is 32.2. The molecule has 0 radical (unpaired) electrons. The van der Waals surface area contributed by atoms with E-state index in [0.29, 0.717) is 17.7 Å². The average molecular weight is 380 g/mol. The molecule has 3 aromatic heterocycles. The van der Waals surface area contributed by atoms with Gasteiger partial charge < -0.3 is 4.42 Å². The molecule has 0 amide bonds. The summed E-state index contributed by atoms with van der Waals surface area (Å²) < 4.78 is 8.17. The highest BCUT2D eigenvalue weighted by Gasteiger charge is 2.30. The molecule has 0 aliphatic heterocycles. The van der Waals surface area contributed by atoms with Gasteiger partial charge in [-0.1, -0.05) is 48.2 Å². The van der Waals surface area contributed by atoms with Gasteiger partial charge in [-0.3, -0.25) is 4.57 Å². The fourth-order valence-corrected chi connectivity index (χ4v) is 4.41. The minimum atomic E-state index is 0.522. The molecule has 0 atom stereocenters. The molecule has 0 unspecified atom stereocenters. The van der Waals surface area contributed by atoms with Crippen molar-refractivity contribution in [3.05, 3.63) is 59.9 Å². The van der Waals surface area contributed by atoms with E-state index < -0.39 is 0 Å². The Bertz CT molecular complexity index is 1000. The number of benzene rings is 1. The molecule has 3 heterocycles. The van der Waals surface area contributed by atoms with E-state index in [1.807, 2.05) is 30.3 Å². The van der Waals surface area contributed by atoms with Crippen molar-refractivity contribution in [2.75, 3.05) is 0 Å². The minimum absolute atomic E-state index is 0.522. The number of nitrogens with zero attached hydrogens (tertiary/aromatic N) is 4. The number of rotatable bonds is 6. The number of oxazole rings is 1. The topological polar surface area (TPSA) is 56.7 Å². The van der Waals surface area contributed by atoms with Crippen LogP contribution in [0.5, 0.6) is 0 Å². The van der Waals surface area contributed by atoms with E-state index in [1.54, 1.807) is 29.3 Å². The van der Waals surface area contributed by atoms with Crippen LogP contribution in [0, 0.1) is 0 Å². The number of thiophene rings is 1. The Morgan fingerprint density at radius 3 is 2.77 bits per heavy atom. The molecule has 5 rings (SSSR count). The predicted molar refractivity (Wildman–Crippen MR) is 103 cm³/mol. The van der Waals surface area contributed by atoms with Crippen LogP contribution < -0.4 is 0 Å². The van der Waals surface area contributed by atoms with Crippen molar-refractivity contribution in [3.63, 3.8) is 0 Å². The molecule has 0 spiro atoms. The van der Waals surface area contributed by atoms with E-state index in [-0.39, 0.29) is 0 Å². The van der Waals surface area contributed by atoms with E-state index in [0.717, 1.165) is 22.3 Å². The van der Waals surface area contributed by atoms with Gasteiger partial charge in [0.25, 0.3) is 0 Å². The third kappa shape index (κ3) is 3.08. The predicted octanol–water partition coefficient (Wildman–Crippen LogP) is 5.29. The fraction of sp³-hybridized carbons (Fsp3) is 0.211. The van der Waals surface area contributed by atoms with Gasteiger partial charge >= 0.3 is 0 Å². The molecule has 26 heavy (non-hydrogen) atoms. The highest BCUT2D eigenvalue weighted by Crippen LogP contribution is 2.42. The van der Waals surface area contributed by atoms with Crippen molar-refractivity contribution < 1.29 is 4.42 Å². The average Bonchev–Trinajstić information content (AvgIpc) is 3.10. The number of hydrogen-bond donors (Lipinski definition) is 0. The normalized spacial score (nSPS) is 14.0. The summed E-state index contributed by atoms with van der Waals surface area (Å²) >= 11 is 3.33. The first-order chi connectivity index (χ1) is 12.9. The first kappa shape index (κ1) is 15.8. The first-order valence-corrected chi connectivity index (χ1v) is 10.4. The van der Waals surface area contributed by atoms with Gasteiger partial charge in [0.05, 0.1) is 16.8 Å². The lowest BCUT2D eigenvalue weighted by atomic mass is 10.2. The number of hydrogen-bond acceptors (Lipinski definition) is 6. The summed E-state index contributed by atoms with van der Waals surface area (Å²) in [7, 11) is 0. The largest absolute Gasteiger partial charge is 0.440 e. The molecule has 0 bridgehead atoms. The maximum absolute atomic E-state index is 5.90. The van der Waals surface area contributed by atoms with Crippen LogP contribution in [0.2, 0.25) is 0 Å². The van der Waals surface area contributed by atoms with Gasteiger partial charge in [0.1, 0.15) is 0 Å². The molecule has 1 fully saturated rings. The molecular weight excluding hydrogens is 364 g/mol. The van der Waals surface area contributed by atoms with Gasteiger partial charge in [-0.05, 0) is 24.3 Å². The van der Waals surface area contributed by atoms with E-state index in [9.17, 15) is 0 Å². The monoisotopic (exact) mass is 380 g/mol. The Labute approximate surface area is 159 Å². The van der Waals surface area contributed by atoms with Crippen LogP contribution in [0.25, 0.3) is 22.0 Å². The molecule has 4 aromatic rings. The second-order valence-corrected chi connectivity index (χ2v) is 8.05. The number of thioether (sulfide) groups is 1. The van der Waals surface area contributed by atoms with Crippen LogP contribution >= 0.6 is 23.1 Å². The third-order valence-electron chi connectivity index (χ3n) is 4.25. The third-order valence-corrected chi connectivity index (χ3v) is 6.05. The van der Waals surface area contributed by atoms with Crippen LogP contribution in [0.3, 0.4) is 0 Å². The van der Waals surface area contributed by atoms with E-state index >= 15 is 0 Å². The number of aromatic nitrogens is 4. The van der Waals surface area contributed by atoms with Crippen LogP contribution in [0.4, 0.5) is 0 Å². The van der Waals surface area contributed by atoms with E-state index in [2.05, 4.69) is 37.3 Å². The molecule has 130 valence electrons. The molecule has 1 aliphatic rings. The van der Waals surface area contributed by atoms with Gasteiger partial charge in [0, 0.05) is 11.6 Å². The van der Waals surface area contributed by atoms with Crippen molar-refractivity contribution in [2.45, 2.75) is 29.8 Å². The standard InChI is InChI=1S/C19H16N4OS2/c1-2-5-13(6-3-1)15-11-20-17(24-15)12-26-19-22-21-18(16-7-4-10-25-16)23(19)14-8-9-14/h1-7,10-11,14H,8-9,12H2. The molecule has 0 N–H and O–H groups in total. The van der Waals surface area contributed by atoms with Crippen molar-refractivity contribution in [3.8, 4) is 22.0 Å². The zero-order chi connectivity index (χ0) is 17.3. The zero-order valence-corrected chi connectivity index (χ0v) is 15.5. The fourth-order valence-electron chi connectivity index (χ4n) is 2.85. The van der Waals surface area contributed by atoms with Crippen molar-refractivity contribution >= 4 is 23.1 Å². The lowest BCUT2D eigenvalue weighted by Crippen LogP contribution is -1.99. The van der Waals surface area contributed by atoms with Crippen molar-refractivity contribution in [1.29, 1.82) is 0 Å². The second kappa shape index (κ2) is 6.74. The Hall–Kier alpha value is -2.38. The van der Waals surface area contributed by atoms with Crippen LogP contribution in [-0.4, -0.2) is 19.7 Å². The summed E-state index contributed by atoms with van der Waals surface area (Å²) in [5.74, 6) is 3.12. The van der Waals surface area contributed by atoms with E-state index in [1.165, 1.54) is 17.7 Å². The SMILES string of the molecule is c1ccc(-c2cnc(CSc3nnc(-c4cccs4)n3C3CC3)o2)cc1. The summed E-state index contributed by atoms with van der Waals surface area (Å²) in [4.78, 5) is 5.58. The summed E-state index contributed by atoms with van der Waals surface area (Å²) in [6.45, 7) is 0. The second-order valence-electron chi connectivity index (χ2n) is 6.16. The van der Waals surface area contributed by atoms with Crippen molar-refractivity contribution in [1.82, 2.24) is 19.7 Å². The maximum Gasteiger partial charge on any atom is 0.205 e. The Morgan fingerprint density at radius 1 is 1.12 bits per heavy atom. The van der Waals surface area contributed by atoms with Crippen molar-refractivity contribution in [2.24, 2.45) is 0 Å². The summed E-state index contributed by atoms with van der Waals surface area (Å²) in [5, 5.41) is 11.9. The highest BCUT2D eigenvalue weighted by molar-refractivity contribution is 7.98. The van der Waals surface area contributed by atoms with Gasteiger partial charge in [0.15, 0.2) is 16.7 Å². The Morgan fingerprint density at radius 2 is 2.00 bits per heavy atom. The lowest BCUT2D eigenvalue weighted by Gasteiger charge is -2.06. The lowest BCUT2D eigenvalue weighted by molar-refractivity contribution is 0.529. The van der Waals surface area contributed by atoms with Crippen LogP contribution in [-0.2, 0) is 5.75 Å². The summed E-state index contributed by atoms with van der Waals surface area (Å²) in [6, 6.07) is 14.7. The molecule has 7 heteroatoms. The van der Waals surface area contributed by atoms with Gasteiger partial charge in [-0.15, -0.1) is 21.5 Å². The molecular formula is C19H16N4OS2. The molecule has 5 nitrogen and oxygen atoms in total. The minimum Gasteiger partial charge on any atom is -0.440 e. The van der Waals surface area contributed by atoms with Crippen LogP contribution in [0.1, 0.15) is 24.8 Å². The quantitative estimate of drug-likeness (QED) is 0.426. The maximum atomic E-state index is 5.90. The summed E-state index contributed by atoms with van der Waals surface area (Å²) in [5.41, 5.74) is 1.04. The Balaban J connectivity index is 1.36. The molecule has 1 saturated carbocycles.